The fraction of sp³-hybridized carbons (Fsp3) is 0.529. The quantitative estimate of drug-likeness (QED) is 0.584. The van der Waals surface area contributed by atoms with Crippen LogP contribution in [0.1, 0.15) is 6.92 Å². The molecule has 134 valence electrons. The van der Waals surface area contributed by atoms with Gasteiger partial charge in [-0.3, -0.25) is 9.36 Å². The summed E-state index contributed by atoms with van der Waals surface area (Å²) in [4.78, 5) is 19.3. The molecule has 25 heavy (non-hydrogen) atoms. The smallest absolute Gasteiger partial charge is 0.262 e. The number of piperazine rings is 1. The van der Waals surface area contributed by atoms with Crippen LogP contribution in [0, 0.1) is 4.77 Å². The van der Waals surface area contributed by atoms with Crippen LogP contribution in [-0.4, -0.2) is 55.6 Å². The third-order valence-corrected chi connectivity index (χ3v) is 5.65. The first-order valence-electron chi connectivity index (χ1n) is 8.89. The minimum Gasteiger partial charge on any atom is -0.454 e. The number of aromatic nitrogens is 2. The van der Waals surface area contributed by atoms with Crippen molar-refractivity contribution >= 4 is 23.1 Å². The maximum absolute atomic E-state index is 12.9. The van der Waals surface area contributed by atoms with Crippen LogP contribution in [0.4, 0.5) is 0 Å². The van der Waals surface area contributed by atoms with Gasteiger partial charge < -0.3 is 24.3 Å². The molecular weight excluding hydrogens is 340 g/mol. The Morgan fingerprint density at radius 3 is 2.56 bits per heavy atom. The molecule has 0 bridgehead atoms. The number of nitrogens with zero attached hydrogens (tertiary/aromatic N) is 1. The first-order valence-corrected chi connectivity index (χ1v) is 9.30. The second-order valence-corrected chi connectivity index (χ2v) is 7.13. The molecule has 0 saturated carbocycles. The summed E-state index contributed by atoms with van der Waals surface area (Å²) in [5.41, 5.74) is 0.636. The zero-order valence-electron chi connectivity index (χ0n) is 14.4. The Labute approximate surface area is 150 Å². The van der Waals surface area contributed by atoms with Crippen LogP contribution in [0.3, 0.4) is 0 Å². The third-order valence-electron chi connectivity index (χ3n) is 5.33. The van der Waals surface area contributed by atoms with Gasteiger partial charge in [0.15, 0.2) is 16.3 Å². The molecule has 1 aromatic heterocycles. The number of hydrogen-bond donors (Lipinski definition) is 3. The standard InChI is InChI=1S/C17H22N4O3S/c1-2-19-3-5-20(6-4-19)7-8-21-16(22)12-9-14-15(24-11-23-14)10-13(12)18-17(21)25/h9-10H,2-8,11H2,1H3,(H,18,25)/p+2. The number of benzene rings is 1. The predicted octanol–water partition coefficient (Wildman–Crippen LogP) is -1.41. The van der Waals surface area contributed by atoms with Crippen molar-refractivity contribution in [3.05, 3.63) is 27.3 Å². The van der Waals surface area contributed by atoms with Gasteiger partial charge in [-0.25, -0.2) is 0 Å². The Bertz CT molecular complexity index is 899. The largest absolute Gasteiger partial charge is 0.454 e. The summed E-state index contributed by atoms with van der Waals surface area (Å²) in [7, 11) is 0. The van der Waals surface area contributed by atoms with E-state index in [-0.39, 0.29) is 12.4 Å². The fourth-order valence-electron chi connectivity index (χ4n) is 3.68. The van der Waals surface area contributed by atoms with Gasteiger partial charge in [-0.05, 0) is 25.2 Å². The lowest BCUT2D eigenvalue weighted by atomic mass is 10.2. The molecule has 0 atom stereocenters. The van der Waals surface area contributed by atoms with Crippen molar-refractivity contribution in [3.8, 4) is 11.5 Å². The zero-order valence-corrected chi connectivity index (χ0v) is 15.2. The Balaban J connectivity index is 1.57. The number of ether oxygens (including phenoxy) is 2. The normalized spacial score (nSPS) is 22.4. The molecule has 1 fully saturated rings. The topological polar surface area (TPSA) is 65.1 Å². The molecule has 0 radical (unpaired) electrons. The fourth-order valence-corrected chi connectivity index (χ4v) is 3.96. The van der Waals surface area contributed by atoms with Crippen LogP contribution in [0.5, 0.6) is 11.5 Å². The molecule has 0 aliphatic carbocycles. The minimum absolute atomic E-state index is 0.0609. The number of quaternary nitrogens is 2. The van der Waals surface area contributed by atoms with Gasteiger partial charge in [0.2, 0.25) is 6.79 Å². The van der Waals surface area contributed by atoms with Crippen LogP contribution in [0.15, 0.2) is 16.9 Å². The summed E-state index contributed by atoms with van der Waals surface area (Å²) in [5, 5.41) is 0.591. The molecule has 3 heterocycles. The van der Waals surface area contributed by atoms with Gasteiger partial charge in [0.05, 0.1) is 30.5 Å². The molecule has 0 spiro atoms. The Hall–Kier alpha value is -1.90. The zero-order chi connectivity index (χ0) is 17.4. The summed E-state index contributed by atoms with van der Waals surface area (Å²) in [5.74, 6) is 1.27. The molecule has 2 aromatic rings. The molecule has 7 nitrogen and oxygen atoms in total. The molecule has 0 amide bonds. The van der Waals surface area contributed by atoms with Crippen molar-refractivity contribution in [1.82, 2.24) is 9.55 Å². The van der Waals surface area contributed by atoms with Gasteiger partial charge in [0, 0.05) is 6.07 Å². The number of H-pyrrole nitrogens is 1. The van der Waals surface area contributed by atoms with E-state index in [2.05, 4.69) is 11.9 Å². The highest BCUT2D eigenvalue weighted by Crippen LogP contribution is 2.34. The Morgan fingerprint density at radius 1 is 1.16 bits per heavy atom. The highest BCUT2D eigenvalue weighted by molar-refractivity contribution is 7.71. The van der Waals surface area contributed by atoms with E-state index in [9.17, 15) is 4.79 Å². The van der Waals surface area contributed by atoms with Crippen molar-refractivity contribution in [1.29, 1.82) is 0 Å². The molecule has 3 N–H and O–H groups in total. The number of aromatic amines is 1. The highest BCUT2D eigenvalue weighted by Gasteiger charge is 2.22. The van der Waals surface area contributed by atoms with E-state index in [1.165, 1.54) is 19.6 Å². The van der Waals surface area contributed by atoms with E-state index >= 15 is 0 Å². The molecule has 8 heteroatoms. The summed E-state index contributed by atoms with van der Waals surface area (Å²) in [6.07, 6.45) is 0. The SMILES string of the molecule is CC[NH+]1CC[NH+](CCn2c(=S)[nH]c3cc4c(cc3c2=O)OCO4)CC1. The second kappa shape index (κ2) is 6.78. The first-order chi connectivity index (χ1) is 12.2. The van der Waals surface area contributed by atoms with Crippen LogP contribution < -0.4 is 24.8 Å². The third kappa shape index (κ3) is 3.17. The molecule has 0 unspecified atom stereocenters. The Kier molecular flexibility index (Phi) is 4.49. The molecule has 1 aromatic carbocycles. The van der Waals surface area contributed by atoms with E-state index in [1.54, 1.807) is 26.5 Å². The number of nitrogens with one attached hydrogen (secondary N) is 3. The average Bonchev–Trinajstić information content (AvgIpc) is 3.08. The first kappa shape index (κ1) is 16.6. The predicted molar refractivity (Wildman–Crippen MR) is 96.3 cm³/mol. The minimum atomic E-state index is -0.0609. The maximum Gasteiger partial charge on any atom is 0.262 e. The maximum atomic E-state index is 12.9. The lowest BCUT2D eigenvalue weighted by Crippen LogP contribution is -3.28. The summed E-state index contributed by atoms with van der Waals surface area (Å²) in [6.45, 7) is 9.89. The van der Waals surface area contributed by atoms with Crippen LogP contribution in [0.25, 0.3) is 10.9 Å². The second-order valence-electron chi connectivity index (χ2n) is 6.74. The van der Waals surface area contributed by atoms with Crippen molar-refractivity contribution in [2.24, 2.45) is 0 Å². The summed E-state index contributed by atoms with van der Waals surface area (Å²) >= 11 is 5.42. The lowest BCUT2D eigenvalue weighted by Gasteiger charge is -2.29. The van der Waals surface area contributed by atoms with Gasteiger partial charge in [-0.15, -0.1) is 0 Å². The van der Waals surface area contributed by atoms with Crippen LogP contribution in [-0.2, 0) is 6.54 Å². The summed E-state index contributed by atoms with van der Waals surface area (Å²) < 4.78 is 12.9. The average molecular weight is 364 g/mol. The lowest BCUT2D eigenvalue weighted by molar-refractivity contribution is -1.01. The van der Waals surface area contributed by atoms with Crippen molar-refractivity contribution in [2.75, 3.05) is 46.1 Å². The molecule has 4 rings (SSSR count). The van der Waals surface area contributed by atoms with Gasteiger partial charge in [0.1, 0.15) is 26.2 Å². The van der Waals surface area contributed by atoms with Crippen molar-refractivity contribution < 1.29 is 19.3 Å². The van der Waals surface area contributed by atoms with Crippen molar-refractivity contribution in [3.63, 3.8) is 0 Å². The highest BCUT2D eigenvalue weighted by atomic mass is 32.1. The summed E-state index contributed by atoms with van der Waals surface area (Å²) in [6, 6.07) is 3.54. The molecule has 2 aliphatic heterocycles. The number of likely N-dealkylation sites (N-methyl/N-ethyl adjacent to an activating group) is 1. The van der Waals surface area contributed by atoms with E-state index in [4.69, 9.17) is 21.7 Å². The molecule has 1 saturated heterocycles. The van der Waals surface area contributed by atoms with Crippen LogP contribution in [0.2, 0.25) is 0 Å². The number of fused-ring (bicyclic) bond motifs is 2. The van der Waals surface area contributed by atoms with Gasteiger partial charge in [-0.2, -0.15) is 0 Å². The van der Waals surface area contributed by atoms with E-state index in [0.717, 1.165) is 19.6 Å². The monoisotopic (exact) mass is 364 g/mol. The number of hydrogen-bond acceptors (Lipinski definition) is 4. The van der Waals surface area contributed by atoms with Gasteiger partial charge >= 0.3 is 0 Å². The van der Waals surface area contributed by atoms with Gasteiger partial charge in [0.25, 0.3) is 5.56 Å². The van der Waals surface area contributed by atoms with Crippen molar-refractivity contribution in [2.45, 2.75) is 13.5 Å². The Morgan fingerprint density at radius 2 is 1.84 bits per heavy atom. The molecular formula is C17H24N4O3S+2. The van der Waals surface area contributed by atoms with E-state index < -0.39 is 0 Å². The number of rotatable bonds is 4. The van der Waals surface area contributed by atoms with E-state index in [1.807, 2.05) is 0 Å². The van der Waals surface area contributed by atoms with Gasteiger partial charge in [-0.1, -0.05) is 0 Å². The van der Waals surface area contributed by atoms with E-state index in [0.29, 0.717) is 33.7 Å². The molecule has 2 aliphatic rings. The van der Waals surface area contributed by atoms with Crippen LogP contribution >= 0.6 is 12.2 Å².